The largest absolute Gasteiger partial charge is 0.419 e. The van der Waals surface area contributed by atoms with Crippen LogP contribution in [-0.2, 0) is 6.54 Å². The van der Waals surface area contributed by atoms with Crippen LogP contribution in [0.2, 0.25) is 0 Å². The first-order valence-electron chi connectivity index (χ1n) is 8.81. The number of anilines is 1. The first-order chi connectivity index (χ1) is 12.6. The van der Waals surface area contributed by atoms with Crippen LogP contribution in [0.5, 0.6) is 0 Å². The van der Waals surface area contributed by atoms with Crippen molar-refractivity contribution in [3.8, 4) is 0 Å². The SMILES string of the molecule is CC1CN(CCn2c(=O)oc3ccccc32)CCN1c1ccc(F)cn1. The van der Waals surface area contributed by atoms with Crippen LogP contribution in [0.3, 0.4) is 0 Å². The van der Waals surface area contributed by atoms with Gasteiger partial charge >= 0.3 is 5.76 Å². The number of fused-ring (bicyclic) bond motifs is 1. The van der Waals surface area contributed by atoms with Crippen molar-refractivity contribution in [1.82, 2.24) is 14.5 Å². The monoisotopic (exact) mass is 356 g/mol. The highest BCUT2D eigenvalue weighted by Gasteiger charge is 2.24. The summed E-state index contributed by atoms with van der Waals surface area (Å²) in [7, 11) is 0. The summed E-state index contributed by atoms with van der Waals surface area (Å²) in [4.78, 5) is 20.8. The van der Waals surface area contributed by atoms with Crippen molar-refractivity contribution in [2.75, 3.05) is 31.1 Å². The summed E-state index contributed by atoms with van der Waals surface area (Å²) in [6.45, 7) is 6.06. The fraction of sp³-hybridized carbons (Fsp3) is 0.368. The molecule has 0 bridgehead atoms. The van der Waals surface area contributed by atoms with E-state index in [0.717, 1.165) is 37.5 Å². The Bertz CT molecular complexity index is 950. The molecule has 136 valence electrons. The minimum atomic E-state index is -0.321. The minimum Gasteiger partial charge on any atom is -0.408 e. The molecule has 2 aromatic heterocycles. The highest BCUT2D eigenvalue weighted by molar-refractivity contribution is 5.72. The van der Waals surface area contributed by atoms with Crippen LogP contribution in [0, 0.1) is 5.82 Å². The lowest BCUT2D eigenvalue weighted by Gasteiger charge is -2.40. The Balaban J connectivity index is 1.41. The summed E-state index contributed by atoms with van der Waals surface area (Å²) >= 11 is 0. The molecule has 0 spiro atoms. The van der Waals surface area contributed by atoms with E-state index in [2.05, 4.69) is 21.7 Å². The summed E-state index contributed by atoms with van der Waals surface area (Å²) in [6.07, 6.45) is 1.25. The average molecular weight is 356 g/mol. The van der Waals surface area contributed by atoms with Gasteiger partial charge in [0.2, 0.25) is 0 Å². The van der Waals surface area contributed by atoms with Gasteiger partial charge in [-0.1, -0.05) is 12.1 Å². The summed E-state index contributed by atoms with van der Waals surface area (Å²) in [6, 6.07) is 10.9. The lowest BCUT2D eigenvalue weighted by atomic mass is 10.2. The van der Waals surface area contributed by atoms with Gasteiger partial charge in [-0.15, -0.1) is 0 Å². The van der Waals surface area contributed by atoms with Gasteiger partial charge in [-0.25, -0.2) is 14.2 Å². The number of aromatic nitrogens is 2. The minimum absolute atomic E-state index is 0.263. The second-order valence-electron chi connectivity index (χ2n) is 6.66. The molecule has 1 unspecified atom stereocenters. The molecule has 3 heterocycles. The van der Waals surface area contributed by atoms with Crippen molar-refractivity contribution >= 4 is 16.9 Å². The molecule has 0 N–H and O–H groups in total. The lowest BCUT2D eigenvalue weighted by molar-refractivity contribution is 0.219. The zero-order chi connectivity index (χ0) is 18.1. The van der Waals surface area contributed by atoms with E-state index in [4.69, 9.17) is 4.42 Å². The summed E-state index contributed by atoms with van der Waals surface area (Å²) in [5, 5.41) is 0. The fourth-order valence-corrected chi connectivity index (χ4v) is 3.58. The van der Waals surface area contributed by atoms with Crippen molar-refractivity contribution in [3.63, 3.8) is 0 Å². The molecule has 1 aromatic carbocycles. The number of benzene rings is 1. The third-order valence-electron chi connectivity index (χ3n) is 4.93. The van der Waals surface area contributed by atoms with Gasteiger partial charge in [0.15, 0.2) is 5.58 Å². The molecule has 6 nitrogen and oxygen atoms in total. The Hall–Kier alpha value is -2.67. The Kier molecular flexibility index (Phi) is 4.46. The van der Waals surface area contributed by atoms with Crippen LogP contribution in [-0.4, -0.2) is 46.7 Å². The van der Waals surface area contributed by atoms with Crippen LogP contribution < -0.4 is 10.7 Å². The Morgan fingerprint density at radius 2 is 2.04 bits per heavy atom. The van der Waals surface area contributed by atoms with Crippen LogP contribution in [0.25, 0.3) is 11.1 Å². The predicted molar refractivity (Wildman–Crippen MR) is 97.9 cm³/mol. The highest BCUT2D eigenvalue weighted by Crippen LogP contribution is 2.19. The molecule has 1 aliphatic heterocycles. The van der Waals surface area contributed by atoms with E-state index in [9.17, 15) is 9.18 Å². The second kappa shape index (κ2) is 6.92. The van der Waals surface area contributed by atoms with Crippen molar-refractivity contribution in [3.05, 3.63) is 59.0 Å². The first-order valence-corrected chi connectivity index (χ1v) is 8.81. The lowest BCUT2D eigenvalue weighted by Crippen LogP contribution is -2.53. The Morgan fingerprint density at radius 3 is 2.81 bits per heavy atom. The van der Waals surface area contributed by atoms with Gasteiger partial charge in [0.25, 0.3) is 0 Å². The third kappa shape index (κ3) is 3.22. The maximum Gasteiger partial charge on any atom is 0.419 e. The number of piperazine rings is 1. The quantitative estimate of drug-likeness (QED) is 0.718. The molecule has 1 fully saturated rings. The molecular formula is C19H21FN4O2. The molecular weight excluding hydrogens is 335 g/mol. The average Bonchev–Trinajstić information content (AvgIpc) is 2.96. The molecule has 7 heteroatoms. The second-order valence-corrected chi connectivity index (χ2v) is 6.66. The Labute approximate surface area is 150 Å². The molecule has 0 aliphatic carbocycles. The number of rotatable bonds is 4. The van der Waals surface area contributed by atoms with Crippen molar-refractivity contribution < 1.29 is 8.81 Å². The van der Waals surface area contributed by atoms with Gasteiger partial charge in [-0.05, 0) is 31.2 Å². The molecule has 4 rings (SSSR count). The molecule has 3 aromatic rings. The van der Waals surface area contributed by atoms with E-state index in [1.807, 2.05) is 24.3 Å². The van der Waals surface area contributed by atoms with E-state index in [1.54, 1.807) is 10.6 Å². The van der Waals surface area contributed by atoms with E-state index in [-0.39, 0.29) is 17.6 Å². The number of hydrogen-bond donors (Lipinski definition) is 0. The number of halogens is 1. The maximum absolute atomic E-state index is 13.1. The Morgan fingerprint density at radius 1 is 1.19 bits per heavy atom. The van der Waals surface area contributed by atoms with Gasteiger partial charge in [-0.3, -0.25) is 9.47 Å². The van der Waals surface area contributed by atoms with E-state index < -0.39 is 0 Å². The van der Waals surface area contributed by atoms with Gasteiger partial charge in [0, 0.05) is 38.8 Å². The first kappa shape index (κ1) is 16.8. The summed E-state index contributed by atoms with van der Waals surface area (Å²) in [5.74, 6) is 0.168. The number of nitrogens with zero attached hydrogens (tertiary/aromatic N) is 4. The number of hydrogen-bond acceptors (Lipinski definition) is 5. The van der Waals surface area contributed by atoms with Crippen LogP contribution in [0.4, 0.5) is 10.2 Å². The van der Waals surface area contributed by atoms with E-state index >= 15 is 0 Å². The van der Waals surface area contributed by atoms with Gasteiger partial charge in [0.1, 0.15) is 11.6 Å². The zero-order valence-electron chi connectivity index (χ0n) is 14.6. The molecule has 1 aliphatic rings. The summed E-state index contributed by atoms with van der Waals surface area (Å²) < 4.78 is 20.0. The molecule has 0 radical (unpaired) electrons. The standard InChI is InChI=1S/C19H21FN4O2/c1-14-13-22(8-10-23(14)18-7-6-15(20)12-21-18)9-11-24-16-4-2-3-5-17(16)26-19(24)25/h2-7,12,14H,8-11,13H2,1H3. The smallest absolute Gasteiger partial charge is 0.408 e. The van der Waals surface area contributed by atoms with Crippen LogP contribution in [0.1, 0.15) is 6.92 Å². The zero-order valence-corrected chi connectivity index (χ0v) is 14.6. The van der Waals surface area contributed by atoms with Crippen LogP contribution >= 0.6 is 0 Å². The van der Waals surface area contributed by atoms with Gasteiger partial charge in [0.05, 0.1) is 11.7 Å². The predicted octanol–water partition coefficient (Wildman–Crippen LogP) is 2.34. The van der Waals surface area contributed by atoms with E-state index in [0.29, 0.717) is 12.1 Å². The highest BCUT2D eigenvalue weighted by atomic mass is 19.1. The van der Waals surface area contributed by atoms with Gasteiger partial charge in [-0.2, -0.15) is 0 Å². The number of pyridine rings is 1. The number of oxazole rings is 1. The maximum atomic E-state index is 13.1. The molecule has 1 atom stereocenters. The van der Waals surface area contributed by atoms with Crippen LogP contribution in [0.15, 0.2) is 51.8 Å². The summed E-state index contributed by atoms with van der Waals surface area (Å²) in [5.41, 5.74) is 1.46. The van der Waals surface area contributed by atoms with Crippen molar-refractivity contribution in [2.24, 2.45) is 0 Å². The van der Waals surface area contributed by atoms with Crippen molar-refractivity contribution in [1.29, 1.82) is 0 Å². The normalized spacial score (nSPS) is 18.5. The molecule has 1 saturated heterocycles. The molecule has 0 amide bonds. The van der Waals surface area contributed by atoms with Gasteiger partial charge < -0.3 is 9.32 Å². The van der Waals surface area contributed by atoms with E-state index in [1.165, 1.54) is 12.3 Å². The number of para-hydroxylation sites is 2. The molecule has 0 saturated carbocycles. The molecule has 26 heavy (non-hydrogen) atoms. The van der Waals surface area contributed by atoms with Crippen molar-refractivity contribution in [2.45, 2.75) is 19.5 Å². The fourth-order valence-electron chi connectivity index (χ4n) is 3.58. The topological polar surface area (TPSA) is 54.5 Å². The third-order valence-corrected chi connectivity index (χ3v) is 4.93.